The van der Waals surface area contributed by atoms with Crippen molar-refractivity contribution in [3.05, 3.63) is 34.2 Å². The van der Waals surface area contributed by atoms with Crippen molar-refractivity contribution in [2.75, 3.05) is 26.3 Å². The van der Waals surface area contributed by atoms with E-state index in [4.69, 9.17) is 4.74 Å². The van der Waals surface area contributed by atoms with Crippen molar-refractivity contribution in [3.8, 4) is 0 Å². The van der Waals surface area contributed by atoms with Crippen LogP contribution in [-0.4, -0.2) is 41.7 Å². The van der Waals surface area contributed by atoms with Gasteiger partial charge in [-0.2, -0.15) is 0 Å². The third kappa shape index (κ3) is 4.44. The van der Waals surface area contributed by atoms with Crippen LogP contribution < -0.4 is 5.56 Å². The SMILES string of the molecule is CCCOCC1CCN(C(=O)CCn2c(C)cccc2=O)C1. The summed E-state index contributed by atoms with van der Waals surface area (Å²) in [6.07, 6.45) is 2.42. The molecule has 0 saturated carbocycles. The van der Waals surface area contributed by atoms with Gasteiger partial charge < -0.3 is 14.2 Å². The van der Waals surface area contributed by atoms with E-state index in [9.17, 15) is 9.59 Å². The lowest BCUT2D eigenvalue weighted by Gasteiger charge is -2.17. The number of carbonyl (C=O) groups excluding carboxylic acids is 1. The minimum absolute atomic E-state index is 0.0416. The first-order chi connectivity index (χ1) is 10.6. The average Bonchev–Trinajstić information content (AvgIpc) is 2.96. The first kappa shape index (κ1) is 16.7. The van der Waals surface area contributed by atoms with Gasteiger partial charge in [-0.3, -0.25) is 9.59 Å². The Morgan fingerprint density at radius 2 is 2.23 bits per heavy atom. The molecule has 1 unspecified atom stereocenters. The second kappa shape index (κ2) is 8.13. The van der Waals surface area contributed by atoms with Crippen LogP contribution in [0.5, 0.6) is 0 Å². The Morgan fingerprint density at radius 1 is 1.41 bits per heavy atom. The van der Waals surface area contributed by atoms with Crippen molar-refractivity contribution in [1.82, 2.24) is 9.47 Å². The topological polar surface area (TPSA) is 51.5 Å². The molecule has 2 rings (SSSR count). The van der Waals surface area contributed by atoms with E-state index in [1.54, 1.807) is 10.6 Å². The van der Waals surface area contributed by atoms with Gasteiger partial charge in [-0.1, -0.05) is 13.0 Å². The Bertz CT molecular complexity index is 553. The summed E-state index contributed by atoms with van der Waals surface area (Å²) >= 11 is 0. The molecule has 0 bridgehead atoms. The molecule has 0 radical (unpaired) electrons. The highest BCUT2D eigenvalue weighted by atomic mass is 16.5. The van der Waals surface area contributed by atoms with Gasteiger partial charge in [0.25, 0.3) is 5.56 Å². The highest BCUT2D eigenvalue weighted by molar-refractivity contribution is 5.76. The van der Waals surface area contributed by atoms with Crippen LogP contribution >= 0.6 is 0 Å². The molecule has 5 heteroatoms. The number of aryl methyl sites for hydroxylation is 1. The summed E-state index contributed by atoms with van der Waals surface area (Å²) in [5.74, 6) is 0.588. The molecule has 122 valence electrons. The highest BCUT2D eigenvalue weighted by Crippen LogP contribution is 2.17. The van der Waals surface area contributed by atoms with Crippen LogP contribution in [0.1, 0.15) is 31.9 Å². The minimum Gasteiger partial charge on any atom is -0.381 e. The van der Waals surface area contributed by atoms with E-state index in [1.807, 2.05) is 17.9 Å². The molecule has 22 heavy (non-hydrogen) atoms. The summed E-state index contributed by atoms with van der Waals surface area (Å²) in [5.41, 5.74) is 0.854. The maximum atomic E-state index is 12.3. The molecule has 1 aromatic heterocycles. The number of pyridine rings is 1. The second-order valence-corrected chi connectivity index (χ2v) is 5.98. The van der Waals surface area contributed by atoms with Gasteiger partial charge in [-0.15, -0.1) is 0 Å². The first-order valence-corrected chi connectivity index (χ1v) is 8.13. The average molecular weight is 306 g/mol. The number of amides is 1. The zero-order valence-electron chi connectivity index (χ0n) is 13.6. The van der Waals surface area contributed by atoms with Gasteiger partial charge in [-0.25, -0.2) is 0 Å². The lowest BCUT2D eigenvalue weighted by Crippen LogP contribution is -2.31. The summed E-state index contributed by atoms with van der Waals surface area (Å²) in [7, 11) is 0. The van der Waals surface area contributed by atoms with Crippen LogP contribution in [0.15, 0.2) is 23.0 Å². The molecule has 1 aliphatic heterocycles. The van der Waals surface area contributed by atoms with Crippen molar-refractivity contribution in [3.63, 3.8) is 0 Å². The summed E-state index contributed by atoms with van der Waals surface area (Å²) in [6.45, 7) is 7.57. The lowest BCUT2D eigenvalue weighted by atomic mass is 10.1. The minimum atomic E-state index is -0.0416. The van der Waals surface area contributed by atoms with Crippen molar-refractivity contribution in [1.29, 1.82) is 0 Å². The summed E-state index contributed by atoms with van der Waals surface area (Å²) in [6, 6.07) is 5.18. The molecule has 0 aromatic carbocycles. The monoisotopic (exact) mass is 306 g/mol. The third-order valence-electron chi connectivity index (χ3n) is 4.16. The molecule has 1 aromatic rings. The van der Waals surface area contributed by atoms with Crippen LogP contribution in [0.4, 0.5) is 0 Å². The molecule has 1 fully saturated rings. The van der Waals surface area contributed by atoms with Gasteiger partial charge in [0.15, 0.2) is 0 Å². The van der Waals surface area contributed by atoms with Crippen LogP contribution in [0.3, 0.4) is 0 Å². The van der Waals surface area contributed by atoms with Crippen molar-refractivity contribution in [2.24, 2.45) is 5.92 Å². The molecule has 0 N–H and O–H groups in total. The van der Waals surface area contributed by atoms with Gasteiger partial charge in [-0.05, 0) is 25.8 Å². The highest BCUT2D eigenvalue weighted by Gasteiger charge is 2.26. The predicted molar refractivity (Wildman–Crippen MR) is 85.9 cm³/mol. The zero-order chi connectivity index (χ0) is 15.9. The molecule has 1 aliphatic rings. The number of ether oxygens (including phenoxy) is 1. The lowest BCUT2D eigenvalue weighted by molar-refractivity contribution is -0.130. The molecule has 2 heterocycles. The number of aromatic nitrogens is 1. The van der Waals surface area contributed by atoms with Crippen LogP contribution in [0.2, 0.25) is 0 Å². The molecule has 0 aliphatic carbocycles. The van der Waals surface area contributed by atoms with Crippen LogP contribution in [-0.2, 0) is 16.1 Å². The maximum Gasteiger partial charge on any atom is 0.250 e. The van der Waals surface area contributed by atoms with E-state index >= 15 is 0 Å². The van der Waals surface area contributed by atoms with E-state index in [2.05, 4.69) is 6.92 Å². The van der Waals surface area contributed by atoms with Gasteiger partial charge >= 0.3 is 0 Å². The van der Waals surface area contributed by atoms with Gasteiger partial charge in [0.05, 0.1) is 6.61 Å². The van der Waals surface area contributed by atoms with Gasteiger partial charge in [0.1, 0.15) is 0 Å². The molecular weight excluding hydrogens is 280 g/mol. The Morgan fingerprint density at radius 3 is 2.95 bits per heavy atom. The Kier molecular flexibility index (Phi) is 6.19. The van der Waals surface area contributed by atoms with E-state index in [0.717, 1.165) is 44.8 Å². The standard InChI is InChI=1S/C17H26N2O3/c1-3-11-22-13-15-7-9-18(12-15)16(20)8-10-19-14(2)5-4-6-17(19)21/h4-6,15H,3,7-13H2,1-2H3. The number of hydrogen-bond donors (Lipinski definition) is 0. The predicted octanol–water partition coefficient (Wildman–Crippen LogP) is 1.82. The number of hydrogen-bond acceptors (Lipinski definition) is 3. The van der Waals surface area contributed by atoms with E-state index in [0.29, 0.717) is 18.9 Å². The van der Waals surface area contributed by atoms with E-state index in [1.165, 1.54) is 6.07 Å². The van der Waals surface area contributed by atoms with Crippen molar-refractivity contribution >= 4 is 5.91 Å². The molecule has 1 amide bonds. The fourth-order valence-electron chi connectivity index (χ4n) is 2.87. The van der Waals surface area contributed by atoms with Crippen LogP contribution in [0.25, 0.3) is 0 Å². The van der Waals surface area contributed by atoms with E-state index in [-0.39, 0.29) is 11.5 Å². The summed E-state index contributed by atoms with van der Waals surface area (Å²) in [4.78, 5) is 26.0. The summed E-state index contributed by atoms with van der Waals surface area (Å²) in [5, 5.41) is 0. The number of carbonyl (C=O) groups is 1. The normalized spacial score (nSPS) is 17.9. The van der Waals surface area contributed by atoms with Crippen molar-refractivity contribution < 1.29 is 9.53 Å². The number of rotatable bonds is 7. The molecule has 5 nitrogen and oxygen atoms in total. The largest absolute Gasteiger partial charge is 0.381 e. The second-order valence-electron chi connectivity index (χ2n) is 5.98. The zero-order valence-corrected chi connectivity index (χ0v) is 13.6. The van der Waals surface area contributed by atoms with E-state index < -0.39 is 0 Å². The number of nitrogens with zero attached hydrogens (tertiary/aromatic N) is 2. The Labute approximate surface area is 131 Å². The number of likely N-dealkylation sites (tertiary alicyclic amines) is 1. The fraction of sp³-hybridized carbons (Fsp3) is 0.647. The molecule has 1 saturated heterocycles. The van der Waals surface area contributed by atoms with Crippen molar-refractivity contribution in [2.45, 2.75) is 39.7 Å². The Hall–Kier alpha value is -1.62. The maximum absolute atomic E-state index is 12.3. The van der Waals surface area contributed by atoms with Gasteiger partial charge in [0, 0.05) is 50.3 Å². The first-order valence-electron chi connectivity index (χ1n) is 8.13. The quantitative estimate of drug-likeness (QED) is 0.722. The fourth-order valence-corrected chi connectivity index (χ4v) is 2.87. The third-order valence-corrected chi connectivity index (χ3v) is 4.16. The smallest absolute Gasteiger partial charge is 0.250 e. The van der Waals surface area contributed by atoms with Gasteiger partial charge in [0.2, 0.25) is 5.91 Å². The summed E-state index contributed by atoms with van der Waals surface area (Å²) < 4.78 is 7.23. The molecule has 1 atom stereocenters. The molecular formula is C17H26N2O3. The molecule has 0 spiro atoms. The Balaban J connectivity index is 1.80. The van der Waals surface area contributed by atoms with Crippen LogP contribution in [0, 0.1) is 12.8 Å².